The predicted octanol–water partition coefficient (Wildman–Crippen LogP) is 0.904. The fraction of sp³-hybridized carbons (Fsp3) is 0.636. The molecule has 6 heteroatoms. The van der Waals surface area contributed by atoms with Gasteiger partial charge in [-0.15, -0.1) is 11.8 Å². The Labute approximate surface area is 105 Å². The van der Waals surface area contributed by atoms with Gasteiger partial charge in [0.05, 0.1) is 11.4 Å². The van der Waals surface area contributed by atoms with Crippen LogP contribution in [0.25, 0.3) is 0 Å². The molecule has 1 unspecified atom stereocenters. The van der Waals surface area contributed by atoms with Gasteiger partial charge >= 0.3 is 0 Å². The Hall–Kier alpha value is -1.17. The molecule has 0 bridgehead atoms. The first-order valence-electron chi connectivity index (χ1n) is 5.84. The Bertz CT molecular complexity index is 398. The van der Waals surface area contributed by atoms with Crippen LogP contribution in [-0.2, 0) is 18.4 Å². The summed E-state index contributed by atoms with van der Waals surface area (Å²) in [5.74, 6) is 1.83. The first-order chi connectivity index (χ1) is 8.18. The van der Waals surface area contributed by atoms with E-state index in [1.54, 1.807) is 29.7 Å². The average Bonchev–Trinajstić information content (AvgIpc) is 2.68. The zero-order valence-corrected chi connectivity index (χ0v) is 10.8. The molecule has 2 rings (SSSR count). The topological polar surface area (TPSA) is 72.9 Å². The summed E-state index contributed by atoms with van der Waals surface area (Å²) in [6, 6.07) is 0. The van der Waals surface area contributed by atoms with Gasteiger partial charge in [0.2, 0.25) is 5.91 Å². The van der Waals surface area contributed by atoms with Crippen LogP contribution < -0.4 is 11.1 Å². The van der Waals surface area contributed by atoms with Crippen LogP contribution in [0.3, 0.4) is 0 Å². The molecule has 5 nitrogen and oxygen atoms in total. The molecule has 94 valence electrons. The lowest BCUT2D eigenvalue weighted by Gasteiger charge is -2.20. The maximum Gasteiger partial charge on any atom is 0.233 e. The van der Waals surface area contributed by atoms with Gasteiger partial charge in [-0.2, -0.15) is 5.10 Å². The fourth-order valence-electron chi connectivity index (χ4n) is 1.87. The summed E-state index contributed by atoms with van der Waals surface area (Å²) >= 11 is 1.75. The largest absolute Gasteiger partial charge is 0.384 e. The number of nitrogen functional groups attached to an aromatic ring is 1. The lowest BCUT2D eigenvalue weighted by molar-refractivity contribution is -0.120. The van der Waals surface area contributed by atoms with E-state index in [1.165, 1.54) is 6.42 Å². The van der Waals surface area contributed by atoms with E-state index in [9.17, 15) is 4.79 Å². The quantitative estimate of drug-likeness (QED) is 0.840. The summed E-state index contributed by atoms with van der Waals surface area (Å²) in [6.07, 6.45) is 5.06. The Balaban J connectivity index is 1.85. The van der Waals surface area contributed by atoms with Crippen LogP contribution in [0.15, 0.2) is 6.20 Å². The van der Waals surface area contributed by atoms with E-state index in [1.807, 2.05) is 0 Å². The number of thioether (sulfide) groups is 1. The monoisotopic (exact) mass is 254 g/mol. The molecule has 17 heavy (non-hydrogen) atoms. The highest BCUT2D eigenvalue weighted by molar-refractivity contribution is 8.00. The number of hydrogen-bond acceptors (Lipinski definition) is 4. The standard InChI is InChI=1S/C11H18N4OS/c1-15-10(12)8(7-14-15)6-13-11(16)9-4-2-3-5-17-9/h7,9H,2-6,12H2,1H3,(H,13,16). The number of nitrogens with one attached hydrogen (secondary N) is 1. The van der Waals surface area contributed by atoms with E-state index in [0.29, 0.717) is 12.4 Å². The summed E-state index contributed by atoms with van der Waals surface area (Å²) in [4.78, 5) is 11.9. The molecule has 1 aliphatic rings. The molecule has 1 aromatic heterocycles. The van der Waals surface area contributed by atoms with Crippen LogP contribution >= 0.6 is 11.8 Å². The van der Waals surface area contributed by atoms with E-state index in [-0.39, 0.29) is 11.2 Å². The van der Waals surface area contributed by atoms with Gasteiger partial charge < -0.3 is 11.1 Å². The van der Waals surface area contributed by atoms with Gasteiger partial charge in [-0.1, -0.05) is 6.42 Å². The molecule has 0 radical (unpaired) electrons. The van der Waals surface area contributed by atoms with E-state index in [4.69, 9.17) is 5.73 Å². The van der Waals surface area contributed by atoms with Crippen molar-refractivity contribution < 1.29 is 4.79 Å². The highest BCUT2D eigenvalue weighted by atomic mass is 32.2. The molecule has 3 N–H and O–H groups in total. The fourth-order valence-corrected chi connectivity index (χ4v) is 3.10. The van der Waals surface area contributed by atoms with Crippen molar-refractivity contribution in [2.24, 2.45) is 7.05 Å². The zero-order valence-electron chi connectivity index (χ0n) is 9.98. The van der Waals surface area contributed by atoms with Crippen LogP contribution in [0.4, 0.5) is 5.82 Å². The minimum absolute atomic E-state index is 0.113. The number of hydrogen-bond donors (Lipinski definition) is 2. The lowest BCUT2D eigenvalue weighted by atomic mass is 10.2. The third-order valence-electron chi connectivity index (χ3n) is 2.99. The zero-order chi connectivity index (χ0) is 12.3. The molecule has 1 aliphatic heterocycles. The molecule has 0 saturated carbocycles. The molecule has 1 fully saturated rings. The minimum Gasteiger partial charge on any atom is -0.384 e. The minimum atomic E-state index is 0.113. The van der Waals surface area contributed by atoms with E-state index < -0.39 is 0 Å². The second kappa shape index (κ2) is 5.44. The highest BCUT2D eigenvalue weighted by Crippen LogP contribution is 2.25. The predicted molar refractivity (Wildman–Crippen MR) is 69.6 cm³/mol. The molecule has 1 aromatic rings. The summed E-state index contributed by atoms with van der Waals surface area (Å²) in [7, 11) is 1.79. The number of anilines is 1. The van der Waals surface area contributed by atoms with E-state index in [2.05, 4.69) is 10.4 Å². The normalized spacial score (nSPS) is 20.2. The van der Waals surface area contributed by atoms with Gasteiger partial charge in [0, 0.05) is 19.2 Å². The third-order valence-corrected chi connectivity index (χ3v) is 4.37. The number of aromatic nitrogens is 2. The molecular formula is C11H18N4OS. The smallest absolute Gasteiger partial charge is 0.233 e. The Kier molecular flexibility index (Phi) is 3.93. The second-order valence-electron chi connectivity index (χ2n) is 4.25. The van der Waals surface area contributed by atoms with Crippen molar-refractivity contribution in [3.63, 3.8) is 0 Å². The Morgan fingerprint density at radius 1 is 1.71 bits per heavy atom. The molecule has 0 aromatic carbocycles. The van der Waals surface area contributed by atoms with Gasteiger partial charge in [-0.25, -0.2) is 0 Å². The van der Waals surface area contributed by atoms with Crippen molar-refractivity contribution in [3.8, 4) is 0 Å². The highest BCUT2D eigenvalue weighted by Gasteiger charge is 2.21. The maximum atomic E-state index is 11.9. The number of carbonyl (C=O) groups is 1. The van der Waals surface area contributed by atoms with Crippen LogP contribution in [-0.4, -0.2) is 26.7 Å². The molecule has 1 amide bonds. The third kappa shape index (κ3) is 2.94. The molecular weight excluding hydrogens is 236 g/mol. The first-order valence-corrected chi connectivity index (χ1v) is 6.89. The number of aryl methyl sites for hydroxylation is 1. The lowest BCUT2D eigenvalue weighted by Crippen LogP contribution is -2.33. The van der Waals surface area contributed by atoms with Crippen LogP contribution in [0, 0.1) is 0 Å². The average molecular weight is 254 g/mol. The number of rotatable bonds is 3. The summed E-state index contributed by atoms with van der Waals surface area (Å²) in [6.45, 7) is 0.468. The summed E-state index contributed by atoms with van der Waals surface area (Å²) in [5, 5.41) is 7.08. The molecule has 2 heterocycles. The summed E-state index contributed by atoms with van der Waals surface area (Å²) in [5.41, 5.74) is 6.69. The van der Waals surface area contributed by atoms with Crippen molar-refractivity contribution in [1.82, 2.24) is 15.1 Å². The molecule has 0 aliphatic carbocycles. The van der Waals surface area contributed by atoms with Gasteiger partial charge in [0.25, 0.3) is 0 Å². The van der Waals surface area contributed by atoms with Crippen LogP contribution in [0.2, 0.25) is 0 Å². The number of nitrogens with zero attached hydrogens (tertiary/aromatic N) is 2. The number of amides is 1. The summed E-state index contributed by atoms with van der Waals surface area (Å²) < 4.78 is 1.61. The van der Waals surface area contributed by atoms with Gasteiger partial charge in [-0.05, 0) is 18.6 Å². The maximum absolute atomic E-state index is 11.9. The van der Waals surface area contributed by atoms with Gasteiger partial charge in [-0.3, -0.25) is 9.48 Å². The van der Waals surface area contributed by atoms with Gasteiger partial charge in [0.1, 0.15) is 5.82 Å². The first kappa shape index (κ1) is 12.3. The van der Waals surface area contributed by atoms with Crippen molar-refractivity contribution in [1.29, 1.82) is 0 Å². The van der Waals surface area contributed by atoms with Crippen molar-refractivity contribution in [3.05, 3.63) is 11.8 Å². The Morgan fingerprint density at radius 3 is 3.12 bits per heavy atom. The van der Waals surface area contributed by atoms with Crippen molar-refractivity contribution in [2.75, 3.05) is 11.5 Å². The van der Waals surface area contributed by atoms with Crippen molar-refractivity contribution in [2.45, 2.75) is 31.1 Å². The van der Waals surface area contributed by atoms with Gasteiger partial charge in [0.15, 0.2) is 0 Å². The molecule has 1 saturated heterocycles. The van der Waals surface area contributed by atoms with E-state index in [0.717, 1.165) is 24.2 Å². The molecule has 1 atom stereocenters. The van der Waals surface area contributed by atoms with Crippen LogP contribution in [0.1, 0.15) is 24.8 Å². The SMILES string of the molecule is Cn1ncc(CNC(=O)C2CCCCS2)c1N. The number of carbonyl (C=O) groups excluding carboxylic acids is 1. The second-order valence-corrected chi connectivity index (χ2v) is 5.56. The Morgan fingerprint density at radius 2 is 2.53 bits per heavy atom. The van der Waals surface area contributed by atoms with E-state index >= 15 is 0 Å². The van der Waals surface area contributed by atoms with Crippen molar-refractivity contribution >= 4 is 23.5 Å². The van der Waals surface area contributed by atoms with Crippen LogP contribution in [0.5, 0.6) is 0 Å². The molecule has 0 spiro atoms. The number of nitrogens with two attached hydrogens (primary N) is 1.